The molecular weight excluding hydrogens is 469 g/mol. The Hall–Kier alpha value is -3.74. The molecule has 0 spiro atoms. The predicted octanol–water partition coefficient (Wildman–Crippen LogP) is 4.31. The first kappa shape index (κ1) is 24.4. The molecule has 2 aromatic heterocycles. The van der Waals surface area contributed by atoms with Crippen molar-refractivity contribution in [3.8, 4) is 11.8 Å². The van der Waals surface area contributed by atoms with Crippen molar-refractivity contribution in [1.29, 1.82) is 5.26 Å². The molecule has 10 heteroatoms. The van der Waals surface area contributed by atoms with Gasteiger partial charge in [-0.05, 0) is 55.7 Å². The molecule has 0 aliphatic carbocycles. The van der Waals surface area contributed by atoms with Gasteiger partial charge in [0.15, 0.2) is 5.69 Å². The molecule has 35 heavy (non-hydrogen) atoms. The van der Waals surface area contributed by atoms with E-state index in [2.05, 4.69) is 16.7 Å². The average molecular weight is 494 g/mol. The van der Waals surface area contributed by atoms with Crippen molar-refractivity contribution < 1.29 is 9.18 Å². The molecule has 1 aromatic carbocycles. The number of aryl methyl sites for hydroxylation is 1. The lowest BCUT2D eigenvalue weighted by atomic mass is 10.1. The van der Waals surface area contributed by atoms with Crippen LogP contribution in [0, 0.1) is 11.3 Å². The second kappa shape index (κ2) is 9.86. The Morgan fingerprint density at radius 1 is 1.43 bits per heavy atom. The number of fused-ring (bicyclic) bond motifs is 1. The second-order valence-electron chi connectivity index (χ2n) is 8.51. The summed E-state index contributed by atoms with van der Waals surface area (Å²) in [4.78, 5) is 19.6. The van der Waals surface area contributed by atoms with Crippen LogP contribution in [0.15, 0.2) is 54.5 Å². The monoisotopic (exact) mass is 493 g/mol. The summed E-state index contributed by atoms with van der Waals surface area (Å²) in [5.74, 6) is -0.817. The van der Waals surface area contributed by atoms with Crippen LogP contribution in [0.3, 0.4) is 0 Å². The minimum absolute atomic E-state index is 0.0587. The first-order valence-electron chi connectivity index (χ1n) is 11.1. The van der Waals surface area contributed by atoms with Gasteiger partial charge in [0.25, 0.3) is 5.91 Å². The highest BCUT2D eigenvalue weighted by Gasteiger charge is 2.29. The van der Waals surface area contributed by atoms with Gasteiger partial charge in [0.2, 0.25) is 0 Å². The average Bonchev–Trinajstić information content (AvgIpc) is 3.37. The molecule has 1 amide bonds. The van der Waals surface area contributed by atoms with Crippen LogP contribution in [-0.4, -0.2) is 49.3 Å². The molecule has 0 saturated carbocycles. The predicted molar refractivity (Wildman–Crippen MR) is 134 cm³/mol. The summed E-state index contributed by atoms with van der Waals surface area (Å²) in [5, 5.41) is 14.5. The lowest BCUT2D eigenvalue weighted by molar-refractivity contribution is 0.0703. The molecule has 180 valence electrons. The Labute approximate surface area is 207 Å². The van der Waals surface area contributed by atoms with Crippen LogP contribution in [-0.2, 0) is 7.05 Å². The lowest BCUT2D eigenvalue weighted by Crippen LogP contribution is -2.45. The Kier molecular flexibility index (Phi) is 6.87. The number of benzene rings is 1. The van der Waals surface area contributed by atoms with E-state index in [9.17, 15) is 9.18 Å². The Morgan fingerprint density at radius 3 is 2.89 bits per heavy atom. The highest BCUT2D eigenvalue weighted by Crippen LogP contribution is 2.31. The van der Waals surface area contributed by atoms with Crippen LogP contribution < -0.4 is 5.73 Å². The molecule has 0 radical (unpaired) electrons. The van der Waals surface area contributed by atoms with E-state index in [0.717, 1.165) is 29.8 Å². The standard InChI is InChI=1S/C25H25ClFN7O/c1-4-16(12-28)20(27)10-15(2)24-30-22(25(35)33-9-5-6-18(29)14-33)23(26)34(24)19-7-8-21-17(11-19)13-32(3)31-21/h4,7-8,10-11,13,18H,1,5-6,9,14,29H2,2-3H3/b15-10+,20-16-/t18-/m1/s1. The zero-order chi connectivity index (χ0) is 25.3. The molecule has 1 aliphatic rings. The smallest absolute Gasteiger partial charge is 0.275 e. The van der Waals surface area contributed by atoms with Gasteiger partial charge in [0, 0.05) is 43.4 Å². The van der Waals surface area contributed by atoms with E-state index in [1.165, 1.54) is 6.08 Å². The maximum absolute atomic E-state index is 14.7. The zero-order valence-corrected chi connectivity index (χ0v) is 20.3. The summed E-state index contributed by atoms with van der Waals surface area (Å²) in [7, 11) is 1.82. The first-order chi connectivity index (χ1) is 16.7. The molecule has 1 atom stereocenters. The molecule has 1 aliphatic heterocycles. The van der Waals surface area contributed by atoms with Crippen LogP contribution >= 0.6 is 11.6 Å². The number of piperidine rings is 1. The summed E-state index contributed by atoms with van der Waals surface area (Å²) in [5.41, 5.74) is 7.72. The van der Waals surface area contributed by atoms with Crippen LogP contribution in [0.25, 0.3) is 22.2 Å². The van der Waals surface area contributed by atoms with Crippen molar-refractivity contribution in [1.82, 2.24) is 24.2 Å². The maximum atomic E-state index is 14.7. The van der Waals surface area contributed by atoms with Crippen molar-refractivity contribution in [3.05, 3.63) is 71.2 Å². The summed E-state index contributed by atoms with van der Waals surface area (Å²) in [6.45, 7) is 6.08. The number of hydrogen-bond acceptors (Lipinski definition) is 5. The third-order valence-electron chi connectivity index (χ3n) is 5.91. The van der Waals surface area contributed by atoms with Gasteiger partial charge in [-0.1, -0.05) is 18.2 Å². The number of hydrogen-bond donors (Lipinski definition) is 1. The largest absolute Gasteiger partial charge is 0.336 e. The molecule has 1 saturated heterocycles. The van der Waals surface area contributed by atoms with E-state index in [1.54, 1.807) is 33.2 Å². The zero-order valence-electron chi connectivity index (χ0n) is 19.5. The Balaban J connectivity index is 1.88. The fourth-order valence-electron chi connectivity index (χ4n) is 4.19. The summed E-state index contributed by atoms with van der Waals surface area (Å²) in [6.07, 6.45) is 5.83. The molecule has 0 bridgehead atoms. The minimum atomic E-state index is -0.761. The third-order valence-corrected chi connectivity index (χ3v) is 6.26. The van der Waals surface area contributed by atoms with Gasteiger partial charge < -0.3 is 10.6 Å². The van der Waals surface area contributed by atoms with Gasteiger partial charge in [-0.25, -0.2) is 9.37 Å². The number of likely N-dealkylation sites (tertiary alicyclic amines) is 1. The van der Waals surface area contributed by atoms with E-state index in [0.29, 0.717) is 24.4 Å². The van der Waals surface area contributed by atoms with E-state index >= 15 is 0 Å². The van der Waals surface area contributed by atoms with Gasteiger partial charge in [-0.15, -0.1) is 0 Å². The molecule has 0 unspecified atom stereocenters. The Morgan fingerprint density at radius 2 is 2.20 bits per heavy atom. The van der Waals surface area contributed by atoms with Crippen molar-refractivity contribution in [2.75, 3.05) is 13.1 Å². The van der Waals surface area contributed by atoms with Gasteiger partial charge in [0.1, 0.15) is 22.9 Å². The van der Waals surface area contributed by atoms with E-state index in [1.807, 2.05) is 25.4 Å². The van der Waals surface area contributed by atoms with Crippen molar-refractivity contribution in [3.63, 3.8) is 0 Å². The summed E-state index contributed by atoms with van der Waals surface area (Å²) in [6, 6.07) is 7.17. The fraction of sp³-hybridized carbons (Fsp3) is 0.280. The topological polar surface area (TPSA) is 106 Å². The fourth-order valence-corrected chi connectivity index (χ4v) is 4.49. The van der Waals surface area contributed by atoms with Gasteiger partial charge in [0.05, 0.1) is 11.1 Å². The first-order valence-corrected chi connectivity index (χ1v) is 11.5. The number of allylic oxidation sites excluding steroid dienone is 5. The van der Waals surface area contributed by atoms with E-state index < -0.39 is 5.83 Å². The quantitative estimate of drug-likeness (QED) is 0.421. The van der Waals surface area contributed by atoms with Gasteiger partial charge in [-0.2, -0.15) is 10.4 Å². The van der Waals surface area contributed by atoms with E-state index in [4.69, 9.17) is 22.6 Å². The number of amides is 1. The number of nitrogens with two attached hydrogens (primary N) is 1. The van der Waals surface area contributed by atoms with Crippen LogP contribution in [0.5, 0.6) is 0 Å². The molecule has 1 fully saturated rings. The van der Waals surface area contributed by atoms with Crippen molar-refractivity contribution >= 4 is 34.0 Å². The molecule has 2 N–H and O–H groups in total. The molecule has 4 rings (SSSR count). The molecule has 3 aromatic rings. The third kappa shape index (κ3) is 4.76. The number of rotatable bonds is 5. The number of nitriles is 1. The minimum Gasteiger partial charge on any atom is -0.336 e. The summed E-state index contributed by atoms with van der Waals surface area (Å²) < 4.78 is 18.0. The van der Waals surface area contributed by atoms with Crippen LogP contribution in [0.1, 0.15) is 36.1 Å². The van der Waals surface area contributed by atoms with Crippen molar-refractivity contribution in [2.45, 2.75) is 25.8 Å². The Bertz CT molecular complexity index is 1430. The number of imidazole rings is 1. The van der Waals surface area contributed by atoms with Crippen molar-refractivity contribution in [2.24, 2.45) is 12.8 Å². The maximum Gasteiger partial charge on any atom is 0.275 e. The van der Waals surface area contributed by atoms with Crippen LogP contribution in [0.2, 0.25) is 5.15 Å². The number of carbonyl (C=O) groups is 1. The lowest BCUT2D eigenvalue weighted by Gasteiger charge is -2.30. The summed E-state index contributed by atoms with van der Waals surface area (Å²) >= 11 is 6.77. The normalized spacial score (nSPS) is 17.3. The number of nitrogens with zero attached hydrogens (tertiary/aromatic N) is 6. The SMILES string of the molecule is C=C/C(C#N)=C(F)\C=C(/C)c1nc(C(=O)N2CCC[C@@H](N)C2)c(Cl)n1-c1ccc2nn(C)cc2c1. The van der Waals surface area contributed by atoms with Crippen LogP contribution in [0.4, 0.5) is 4.39 Å². The molecule has 3 heterocycles. The van der Waals surface area contributed by atoms with E-state index in [-0.39, 0.29) is 34.2 Å². The van der Waals surface area contributed by atoms with Gasteiger partial charge in [-0.3, -0.25) is 14.0 Å². The highest BCUT2D eigenvalue weighted by atomic mass is 35.5. The number of halogens is 2. The second-order valence-corrected chi connectivity index (χ2v) is 8.87. The highest BCUT2D eigenvalue weighted by molar-refractivity contribution is 6.33. The number of carbonyl (C=O) groups excluding carboxylic acids is 1. The molecular formula is C25H25ClFN7O. The molecule has 8 nitrogen and oxygen atoms in total. The van der Waals surface area contributed by atoms with Gasteiger partial charge >= 0.3 is 0 Å². The number of aromatic nitrogens is 4.